The molecule has 1 unspecified atom stereocenters. The highest BCUT2D eigenvalue weighted by atomic mass is 15.5. The lowest BCUT2D eigenvalue weighted by Crippen LogP contribution is -2.47. The minimum Gasteiger partial charge on any atom is -0.281 e. The van der Waals surface area contributed by atoms with Crippen molar-refractivity contribution >= 4 is 17.1 Å². The third-order valence-electron chi connectivity index (χ3n) is 7.36. The van der Waals surface area contributed by atoms with Crippen LogP contribution >= 0.6 is 0 Å². The van der Waals surface area contributed by atoms with E-state index in [9.17, 15) is 0 Å². The van der Waals surface area contributed by atoms with Crippen molar-refractivity contribution in [1.82, 2.24) is 9.47 Å². The number of hydrogen-bond donors (Lipinski definition) is 0. The number of nitrogens with zero attached hydrogens (tertiary/aromatic N) is 3. The van der Waals surface area contributed by atoms with Crippen LogP contribution in [0.25, 0.3) is 11.3 Å². The lowest BCUT2D eigenvalue weighted by atomic mass is 9.81. The molecule has 0 saturated carbocycles. The van der Waals surface area contributed by atoms with Crippen LogP contribution < -0.4 is 9.38 Å². The number of fused-ring (bicyclic) bond motifs is 8. The molecule has 2 aliphatic rings. The van der Waals surface area contributed by atoms with Gasteiger partial charge in [0.1, 0.15) is 5.69 Å². The van der Waals surface area contributed by atoms with Crippen LogP contribution in [0.4, 0.5) is 17.1 Å². The van der Waals surface area contributed by atoms with E-state index in [2.05, 4.69) is 110 Å². The molecular formula is C31H40N3+. The molecule has 0 N–H and O–H groups in total. The number of anilines is 2. The van der Waals surface area contributed by atoms with Gasteiger partial charge in [-0.15, -0.1) is 0 Å². The molecule has 1 aromatic heterocycles. The van der Waals surface area contributed by atoms with Crippen LogP contribution in [0.5, 0.6) is 0 Å². The van der Waals surface area contributed by atoms with E-state index in [-0.39, 0.29) is 17.0 Å². The maximum absolute atomic E-state index is 4.91. The average Bonchev–Trinajstić information content (AvgIpc) is 2.93. The monoisotopic (exact) mass is 454 g/mol. The van der Waals surface area contributed by atoms with E-state index in [0.717, 1.165) is 23.0 Å². The first-order valence-corrected chi connectivity index (χ1v) is 12.6. The first-order valence-electron chi connectivity index (χ1n) is 12.6. The smallest absolute Gasteiger partial charge is 0.202 e. The molecule has 0 radical (unpaired) electrons. The standard InChI is InChI=1S/C31H40N3/c1-20-14-15-32-28-23-12-10-11-13-24(23)33-25-16-21(18-30(2,3)4)22(19-31(5,6)7)17-26(25)34(8,9)29(33)27(20)28/h10-17,29H,18-19H2,1-9H3/q+1. The Bertz CT molecular complexity index is 1270. The van der Waals surface area contributed by atoms with E-state index in [1.165, 1.54) is 44.9 Å². The molecule has 178 valence electrons. The lowest BCUT2D eigenvalue weighted by molar-refractivity contribution is 0.322. The highest BCUT2D eigenvalue weighted by Gasteiger charge is 2.52. The van der Waals surface area contributed by atoms with E-state index in [1.54, 1.807) is 0 Å². The zero-order valence-electron chi connectivity index (χ0n) is 22.5. The van der Waals surface area contributed by atoms with Gasteiger partial charge < -0.3 is 0 Å². The van der Waals surface area contributed by atoms with Crippen LogP contribution in [0, 0.1) is 17.8 Å². The van der Waals surface area contributed by atoms with Gasteiger partial charge in [-0.25, -0.2) is 0 Å². The summed E-state index contributed by atoms with van der Waals surface area (Å²) >= 11 is 0. The Hall–Kier alpha value is -2.65. The van der Waals surface area contributed by atoms with Gasteiger partial charge in [0.05, 0.1) is 31.0 Å². The molecule has 3 nitrogen and oxygen atoms in total. The molecular weight excluding hydrogens is 414 g/mol. The predicted molar refractivity (Wildman–Crippen MR) is 146 cm³/mol. The van der Waals surface area contributed by atoms with Crippen LogP contribution in [0.1, 0.15) is 70.0 Å². The molecule has 0 spiro atoms. The number of pyridine rings is 1. The van der Waals surface area contributed by atoms with Gasteiger partial charge in [0.2, 0.25) is 6.17 Å². The van der Waals surface area contributed by atoms with E-state index in [4.69, 9.17) is 4.98 Å². The fourth-order valence-electron chi connectivity index (χ4n) is 6.05. The van der Waals surface area contributed by atoms with Gasteiger partial charge in [-0.1, -0.05) is 59.7 Å². The molecule has 2 aromatic carbocycles. The summed E-state index contributed by atoms with van der Waals surface area (Å²) in [5.41, 5.74) is 12.6. The second-order valence-corrected chi connectivity index (χ2v) is 13.3. The number of quaternary nitrogens is 1. The summed E-state index contributed by atoms with van der Waals surface area (Å²) in [6.45, 7) is 16.4. The molecule has 3 aromatic rings. The molecule has 0 bridgehead atoms. The van der Waals surface area contributed by atoms with Gasteiger partial charge in [-0.05, 0) is 65.5 Å². The molecule has 0 amide bonds. The maximum Gasteiger partial charge on any atom is 0.202 e. The van der Waals surface area contributed by atoms with Crippen molar-refractivity contribution in [3.05, 3.63) is 70.9 Å². The quantitative estimate of drug-likeness (QED) is 0.365. The molecule has 3 heteroatoms. The lowest BCUT2D eigenvalue weighted by Gasteiger charge is -2.40. The van der Waals surface area contributed by atoms with E-state index < -0.39 is 0 Å². The summed E-state index contributed by atoms with van der Waals surface area (Å²) in [7, 11) is 4.75. The fourth-order valence-corrected chi connectivity index (χ4v) is 6.05. The molecule has 0 saturated heterocycles. The van der Waals surface area contributed by atoms with Crippen molar-refractivity contribution < 1.29 is 0 Å². The summed E-state index contributed by atoms with van der Waals surface area (Å²) in [6.07, 6.45) is 4.31. The summed E-state index contributed by atoms with van der Waals surface area (Å²) < 4.78 is 0.802. The van der Waals surface area contributed by atoms with Crippen molar-refractivity contribution in [2.75, 3.05) is 19.0 Å². The van der Waals surface area contributed by atoms with Gasteiger partial charge in [0, 0.05) is 17.8 Å². The Kier molecular flexibility index (Phi) is 5.04. The third kappa shape index (κ3) is 3.65. The second kappa shape index (κ2) is 7.42. The summed E-state index contributed by atoms with van der Waals surface area (Å²) in [6, 6.07) is 16.0. The molecule has 0 fully saturated rings. The van der Waals surface area contributed by atoms with Crippen molar-refractivity contribution in [2.24, 2.45) is 10.8 Å². The fraction of sp³-hybridized carbons (Fsp3) is 0.452. The minimum atomic E-state index is 0.181. The Labute approximate surface area is 206 Å². The molecule has 2 aliphatic heterocycles. The van der Waals surface area contributed by atoms with Gasteiger partial charge >= 0.3 is 0 Å². The number of hydrogen-bond acceptors (Lipinski definition) is 2. The Morgan fingerprint density at radius 2 is 1.47 bits per heavy atom. The number of rotatable bonds is 2. The number of aromatic nitrogens is 1. The summed E-state index contributed by atoms with van der Waals surface area (Å²) in [5.74, 6) is 0. The molecule has 3 heterocycles. The minimum absolute atomic E-state index is 0.181. The van der Waals surface area contributed by atoms with Crippen LogP contribution in [0.3, 0.4) is 0 Å². The maximum atomic E-state index is 4.91. The first-order chi connectivity index (χ1) is 15.8. The number of aryl methyl sites for hydroxylation is 1. The highest BCUT2D eigenvalue weighted by Crippen LogP contribution is 2.59. The van der Waals surface area contributed by atoms with E-state index >= 15 is 0 Å². The number of benzene rings is 2. The van der Waals surface area contributed by atoms with Crippen LogP contribution in [0.15, 0.2) is 48.7 Å². The van der Waals surface area contributed by atoms with Gasteiger partial charge in [0.15, 0.2) is 5.69 Å². The topological polar surface area (TPSA) is 16.1 Å². The van der Waals surface area contributed by atoms with Crippen molar-refractivity contribution in [2.45, 2.75) is 67.5 Å². The van der Waals surface area contributed by atoms with E-state index in [1.807, 2.05) is 6.20 Å². The third-order valence-corrected chi connectivity index (χ3v) is 7.36. The largest absolute Gasteiger partial charge is 0.281 e. The second-order valence-electron chi connectivity index (χ2n) is 13.3. The molecule has 1 atom stereocenters. The Morgan fingerprint density at radius 3 is 2.12 bits per heavy atom. The van der Waals surface area contributed by atoms with Crippen molar-refractivity contribution in [3.63, 3.8) is 0 Å². The molecule has 34 heavy (non-hydrogen) atoms. The SMILES string of the molecule is Cc1ccnc2c1C1N(c3ccccc3-2)c2cc(CC(C)(C)C)c(CC(C)(C)C)cc2[N+]1(C)C. The zero-order valence-corrected chi connectivity index (χ0v) is 22.5. The van der Waals surface area contributed by atoms with Crippen LogP contribution in [-0.2, 0) is 12.8 Å². The summed E-state index contributed by atoms with van der Waals surface area (Å²) in [5, 5.41) is 0. The highest BCUT2D eigenvalue weighted by molar-refractivity contribution is 5.93. The Morgan fingerprint density at radius 1 is 0.853 bits per heavy atom. The predicted octanol–water partition coefficient (Wildman–Crippen LogP) is 7.97. The summed E-state index contributed by atoms with van der Waals surface area (Å²) in [4.78, 5) is 7.51. The molecule has 0 aliphatic carbocycles. The average molecular weight is 455 g/mol. The van der Waals surface area contributed by atoms with Gasteiger partial charge in [-0.2, -0.15) is 0 Å². The van der Waals surface area contributed by atoms with Crippen molar-refractivity contribution in [3.8, 4) is 11.3 Å². The normalized spacial score (nSPS) is 18.3. The first kappa shape index (κ1) is 23.1. The van der Waals surface area contributed by atoms with Crippen LogP contribution in [0.2, 0.25) is 0 Å². The Balaban J connectivity index is 1.80. The van der Waals surface area contributed by atoms with Gasteiger partial charge in [0.25, 0.3) is 0 Å². The zero-order chi connectivity index (χ0) is 24.6. The van der Waals surface area contributed by atoms with Crippen molar-refractivity contribution in [1.29, 1.82) is 0 Å². The van der Waals surface area contributed by atoms with Gasteiger partial charge in [-0.3, -0.25) is 14.4 Å². The number of para-hydroxylation sites is 1. The van der Waals surface area contributed by atoms with Crippen LogP contribution in [-0.4, -0.2) is 19.1 Å². The van der Waals surface area contributed by atoms with E-state index in [0.29, 0.717) is 0 Å². The molecule has 5 rings (SSSR count).